The predicted molar refractivity (Wildman–Crippen MR) is 80.1 cm³/mol. The Morgan fingerprint density at radius 2 is 2.05 bits per heavy atom. The van der Waals surface area contributed by atoms with E-state index in [0.717, 1.165) is 11.3 Å². The number of aromatic hydroxyl groups is 1. The molecule has 1 aromatic carbocycles. The second kappa shape index (κ2) is 6.11. The fourth-order valence-corrected chi connectivity index (χ4v) is 2.16. The Hall–Kier alpha value is -1.78. The minimum Gasteiger partial charge on any atom is -0.506 e. The number of aliphatic hydroxyl groups is 1. The average molecular weight is 293 g/mol. The van der Waals surface area contributed by atoms with Crippen LogP contribution in [0.2, 0.25) is 5.02 Å². The molecule has 0 aliphatic heterocycles. The summed E-state index contributed by atoms with van der Waals surface area (Å²) in [7, 11) is 0. The van der Waals surface area contributed by atoms with E-state index in [9.17, 15) is 10.2 Å². The maximum Gasteiger partial charge on any atom is 0.142 e. The number of hydrogen-bond donors (Lipinski definition) is 3. The minimum atomic E-state index is -0.167. The van der Waals surface area contributed by atoms with Crippen LogP contribution < -0.4 is 5.32 Å². The lowest BCUT2D eigenvalue weighted by Crippen LogP contribution is -2.06. The predicted octanol–water partition coefficient (Wildman–Crippen LogP) is 3.16. The van der Waals surface area contributed by atoms with E-state index in [1.54, 1.807) is 13.1 Å². The molecule has 4 nitrogen and oxygen atoms in total. The second-order valence-corrected chi connectivity index (χ2v) is 5.10. The molecular formula is C15H17ClN2O2. The molecule has 0 aliphatic rings. The van der Waals surface area contributed by atoms with Crippen LogP contribution in [0.15, 0.2) is 24.4 Å². The highest BCUT2D eigenvalue weighted by Crippen LogP contribution is 2.27. The molecule has 0 bridgehead atoms. The Balaban J connectivity index is 2.27. The fourth-order valence-electron chi connectivity index (χ4n) is 1.98. The zero-order valence-corrected chi connectivity index (χ0v) is 12.2. The van der Waals surface area contributed by atoms with E-state index in [1.165, 1.54) is 0 Å². The third-order valence-electron chi connectivity index (χ3n) is 3.18. The van der Waals surface area contributed by atoms with Crippen LogP contribution >= 0.6 is 11.6 Å². The first-order chi connectivity index (χ1) is 9.52. The Bertz CT molecular complexity index is 630. The van der Waals surface area contributed by atoms with Gasteiger partial charge in [-0.1, -0.05) is 17.7 Å². The maximum atomic E-state index is 10.1. The maximum absolute atomic E-state index is 10.1. The summed E-state index contributed by atoms with van der Waals surface area (Å²) in [5.74, 6) is 0.104. The smallest absolute Gasteiger partial charge is 0.142 e. The summed E-state index contributed by atoms with van der Waals surface area (Å²) in [6.45, 7) is 3.90. The lowest BCUT2D eigenvalue weighted by molar-refractivity contribution is 0.279. The van der Waals surface area contributed by atoms with Crippen LogP contribution in [0, 0.1) is 13.8 Å². The van der Waals surface area contributed by atoms with Gasteiger partial charge < -0.3 is 15.5 Å². The standard InChI is InChI=1S/C15H17ClN2O2/c1-9-3-4-13(16)14(5-9)18-7-12-11(8-19)6-17-10(2)15(12)20/h3-6,18-20H,7-8H2,1-2H3. The van der Waals surface area contributed by atoms with Crippen molar-refractivity contribution in [2.75, 3.05) is 5.32 Å². The molecule has 0 fully saturated rings. The molecule has 0 amide bonds. The number of hydrogen-bond acceptors (Lipinski definition) is 4. The number of aliphatic hydroxyl groups excluding tert-OH is 1. The Kier molecular flexibility index (Phi) is 4.47. The van der Waals surface area contributed by atoms with Crippen LogP contribution in [-0.2, 0) is 13.2 Å². The third-order valence-corrected chi connectivity index (χ3v) is 3.51. The van der Waals surface area contributed by atoms with Crippen molar-refractivity contribution in [3.8, 4) is 5.75 Å². The van der Waals surface area contributed by atoms with Gasteiger partial charge in [0.25, 0.3) is 0 Å². The third kappa shape index (κ3) is 3.03. The summed E-state index contributed by atoms with van der Waals surface area (Å²) in [5, 5.41) is 23.2. The molecule has 1 aromatic heterocycles. The molecule has 2 aromatic rings. The highest BCUT2D eigenvalue weighted by atomic mass is 35.5. The first kappa shape index (κ1) is 14.6. The van der Waals surface area contributed by atoms with Crippen LogP contribution in [-0.4, -0.2) is 15.2 Å². The second-order valence-electron chi connectivity index (χ2n) is 4.69. The average Bonchev–Trinajstić information content (AvgIpc) is 2.44. The Labute approximate surface area is 123 Å². The van der Waals surface area contributed by atoms with Crippen molar-refractivity contribution in [2.45, 2.75) is 27.0 Å². The molecule has 0 aliphatic carbocycles. The van der Waals surface area contributed by atoms with Crippen molar-refractivity contribution < 1.29 is 10.2 Å². The lowest BCUT2D eigenvalue weighted by atomic mass is 10.1. The molecule has 20 heavy (non-hydrogen) atoms. The van der Waals surface area contributed by atoms with E-state index < -0.39 is 0 Å². The normalized spacial score (nSPS) is 10.6. The van der Waals surface area contributed by atoms with E-state index in [1.807, 2.05) is 25.1 Å². The van der Waals surface area contributed by atoms with Crippen molar-refractivity contribution in [3.63, 3.8) is 0 Å². The summed E-state index contributed by atoms with van der Waals surface area (Å²) in [6.07, 6.45) is 1.57. The molecule has 2 rings (SSSR count). The van der Waals surface area contributed by atoms with Crippen molar-refractivity contribution in [3.05, 3.63) is 51.8 Å². The fraction of sp³-hybridized carbons (Fsp3) is 0.267. The summed E-state index contributed by atoms with van der Waals surface area (Å²) in [5.41, 5.74) is 3.66. The van der Waals surface area contributed by atoms with Crippen LogP contribution in [0.4, 0.5) is 5.69 Å². The summed E-state index contributed by atoms with van der Waals surface area (Å²) < 4.78 is 0. The number of aryl methyl sites for hydroxylation is 2. The monoisotopic (exact) mass is 292 g/mol. The molecular weight excluding hydrogens is 276 g/mol. The number of nitrogens with one attached hydrogen (secondary N) is 1. The first-order valence-electron chi connectivity index (χ1n) is 6.30. The van der Waals surface area contributed by atoms with E-state index in [2.05, 4.69) is 10.3 Å². The van der Waals surface area contributed by atoms with Gasteiger partial charge in [0, 0.05) is 23.9 Å². The minimum absolute atomic E-state index is 0.104. The van der Waals surface area contributed by atoms with Gasteiger partial charge in [0.2, 0.25) is 0 Å². The number of benzene rings is 1. The molecule has 106 valence electrons. The number of halogens is 1. The van der Waals surface area contributed by atoms with E-state index >= 15 is 0 Å². The van der Waals surface area contributed by atoms with E-state index in [4.69, 9.17) is 11.6 Å². The van der Waals surface area contributed by atoms with Gasteiger partial charge in [-0.15, -0.1) is 0 Å². The summed E-state index contributed by atoms with van der Waals surface area (Å²) in [4.78, 5) is 4.03. The quantitative estimate of drug-likeness (QED) is 0.810. The van der Waals surface area contributed by atoms with Crippen molar-refractivity contribution in [2.24, 2.45) is 0 Å². The van der Waals surface area contributed by atoms with E-state index in [-0.39, 0.29) is 12.4 Å². The molecule has 5 heteroatoms. The summed E-state index contributed by atoms with van der Waals surface area (Å²) in [6, 6.07) is 5.69. The van der Waals surface area contributed by atoms with E-state index in [0.29, 0.717) is 28.4 Å². The number of nitrogens with zero attached hydrogens (tertiary/aromatic N) is 1. The summed E-state index contributed by atoms with van der Waals surface area (Å²) >= 11 is 6.12. The van der Waals surface area contributed by atoms with Gasteiger partial charge in [-0.3, -0.25) is 4.98 Å². The highest BCUT2D eigenvalue weighted by Gasteiger charge is 2.11. The zero-order chi connectivity index (χ0) is 14.7. The molecule has 0 spiro atoms. The van der Waals surface area contributed by atoms with Crippen molar-refractivity contribution in [1.29, 1.82) is 0 Å². The molecule has 3 N–H and O–H groups in total. The topological polar surface area (TPSA) is 65.4 Å². The van der Waals surface area contributed by atoms with Gasteiger partial charge in [0.05, 0.1) is 23.0 Å². The Morgan fingerprint density at radius 3 is 2.75 bits per heavy atom. The van der Waals surface area contributed by atoms with Gasteiger partial charge >= 0.3 is 0 Å². The molecule has 0 saturated carbocycles. The SMILES string of the molecule is Cc1ccc(Cl)c(NCc2c(CO)cnc(C)c2O)c1. The van der Waals surface area contributed by atoms with Gasteiger partial charge in [-0.2, -0.15) is 0 Å². The van der Waals surface area contributed by atoms with Crippen LogP contribution in [0.25, 0.3) is 0 Å². The molecule has 0 radical (unpaired) electrons. The first-order valence-corrected chi connectivity index (χ1v) is 6.68. The van der Waals surface area contributed by atoms with Crippen LogP contribution in [0.1, 0.15) is 22.4 Å². The largest absolute Gasteiger partial charge is 0.506 e. The number of aromatic nitrogens is 1. The number of rotatable bonds is 4. The highest BCUT2D eigenvalue weighted by molar-refractivity contribution is 6.33. The van der Waals surface area contributed by atoms with Crippen molar-refractivity contribution >= 4 is 17.3 Å². The van der Waals surface area contributed by atoms with Gasteiger partial charge in [0.1, 0.15) is 5.75 Å². The molecule has 1 heterocycles. The Morgan fingerprint density at radius 1 is 1.30 bits per heavy atom. The van der Waals surface area contributed by atoms with Crippen LogP contribution in [0.5, 0.6) is 5.75 Å². The van der Waals surface area contributed by atoms with Crippen molar-refractivity contribution in [1.82, 2.24) is 4.98 Å². The number of pyridine rings is 1. The molecule has 0 atom stereocenters. The lowest BCUT2D eigenvalue weighted by Gasteiger charge is -2.14. The molecule has 0 saturated heterocycles. The zero-order valence-electron chi connectivity index (χ0n) is 11.4. The number of anilines is 1. The molecule has 0 unspecified atom stereocenters. The van der Waals surface area contributed by atoms with Crippen LogP contribution in [0.3, 0.4) is 0 Å². The van der Waals surface area contributed by atoms with Gasteiger partial charge in [-0.25, -0.2) is 0 Å². The van der Waals surface area contributed by atoms with Gasteiger partial charge in [-0.05, 0) is 31.5 Å². The van der Waals surface area contributed by atoms with Gasteiger partial charge in [0.15, 0.2) is 0 Å².